The van der Waals surface area contributed by atoms with Crippen LogP contribution in [-0.2, 0) is 41.4 Å². The van der Waals surface area contributed by atoms with Gasteiger partial charge in [0.25, 0.3) is 10.1 Å². The van der Waals surface area contributed by atoms with Gasteiger partial charge in [0.05, 0.1) is 24.6 Å². The van der Waals surface area contributed by atoms with Crippen LogP contribution >= 0.6 is 23.5 Å². The number of hydrogen-bond acceptors (Lipinski definition) is 9. The van der Waals surface area contributed by atoms with E-state index in [2.05, 4.69) is 17.5 Å². The van der Waals surface area contributed by atoms with Gasteiger partial charge in [0, 0.05) is 0 Å². The summed E-state index contributed by atoms with van der Waals surface area (Å²) in [6.45, 7) is 9.29. The zero-order valence-electron chi connectivity index (χ0n) is 16.4. The first-order valence-corrected chi connectivity index (χ1v) is 13.7. The van der Waals surface area contributed by atoms with Crippen LogP contribution in [0, 0.1) is 0 Å². The Balaban J connectivity index is -0.000000347. The van der Waals surface area contributed by atoms with Crippen LogP contribution in [0.15, 0.2) is 0 Å². The molecule has 1 unspecified atom stereocenters. The summed E-state index contributed by atoms with van der Waals surface area (Å²) >= 11 is 0. The average molecular weight is 498 g/mol. The lowest BCUT2D eigenvalue weighted by Gasteiger charge is -2.14. The van der Waals surface area contributed by atoms with Gasteiger partial charge in [-0.2, -0.15) is 12.7 Å². The Hall–Kier alpha value is 0.280. The highest BCUT2D eigenvalue weighted by Gasteiger charge is 2.32. The van der Waals surface area contributed by atoms with Crippen molar-refractivity contribution in [2.75, 3.05) is 6.26 Å². The first-order chi connectivity index (χ1) is 12.0. The first-order valence-electron chi connectivity index (χ1n) is 7.36. The zero-order valence-corrected chi connectivity index (χ0v) is 19.9. The van der Waals surface area contributed by atoms with Crippen LogP contribution in [0.2, 0.25) is 0 Å². The van der Waals surface area contributed by atoms with E-state index in [1.807, 2.05) is 0 Å². The molecule has 0 heterocycles. The Morgan fingerprint density at radius 3 is 1.14 bits per heavy atom. The maximum absolute atomic E-state index is 10.7. The summed E-state index contributed by atoms with van der Waals surface area (Å²) in [5.74, 6) is 0. The van der Waals surface area contributed by atoms with Gasteiger partial charge in [-0.3, -0.25) is 13.2 Å². The van der Waals surface area contributed by atoms with Gasteiger partial charge in [0.15, 0.2) is 0 Å². The summed E-state index contributed by atoms with van der Waals surface area (Å²) in [7, 11) is -17.1. The Labute approximate surface area is 164 Å². The fourth-order valence-corrected chi connectivity index (χ4v) is 4.05. The number of hydrogen-bond donors (Lipinski definition) is 5. The predicted octanol–water partition coefficient (Wildman–Crippen LogP) is 1.50. The predicted molar refractivity (Wildman–Crippen MR) is 98.5 cm³/mol. The Morgan fingerprint density at radius 1 is 0.679 bits per heavy atom. The zero-order chi connectivity index (χ0) is 23.6. The summed E-state index contributed by atoms with van der Waals surface area (Å²) in [6, 6.07) is 0. The van der Waals surface area contributed by atoms with Crippen LogP contribution in [0.25, 0.3) is 0 Å². The molecule has 0 bridgehead atoms. The van der Waals surface area contributed by atoms with Crippen molar-refractivity contribution in [3.8, 4) is 0 Å². The molecule has 18 heteroatoms. The summed E-state index contributed by atoms with van der Waals surface area (Å²) in [5.41, 5.74) is 0. The molecule has 1 atom stereocenters. The molecule has 0 radical (unpaired) electrons. The lowest BCUT2D eigenvalue weighted by molar-refractivity contribution is 0.146. The van der Waals surface area contributed by atoms with E-state index in [9.17, 15) is 22.1 Å². The second-order valence-corrected chi connectivity index (χ2v) is 11.3. The molecule has 28 heavy (non-hydrogen) atoms. The Morgan fingerprint density at radius 2 is 1.04 bits per heavy atom. The maximum Gasteiger partial charge on any atom is 0.481 e. The Bertz CT molecular complexity index is 661. The fraction of sp³-hybridized carbons (Fsp3) is 1.00. The maximum atomic E-state index is 10.7. The quantitative estimate of drug-likeness (QED) is 0.236. The van der Waals surface area contributed by atoms with Crippen molar-refractivity contribution in [1.82, 2.24) is 0 Å². The van der Waals surface area contributed by atoms with Gasteiger partial charge in [-0.25, -0.2) is 13.7 Å². The molecule has 0 aromatic rings. The van der Waals surface area contributed by atoms with Crippen LogP contribution in [0.4, 0.5) is 0 Å². The molecule has 0 aliphatic heterocycles. The lowest BCUT2D eigenvalue weighted by Crippen LogP contribution is -2.09. The molecule has 0 rings (SSSR count). The number of phosphoric acid groups is 3. The van der Waals surface area contributed by atoms with Crippen LogP contribution in [0.3, 0.4) is 0 Å². The SMILES string of the molecule is CC(C)OP(=O)(O)O.CC(C)OP(=O)(O)OP(=O)(O)O.CC(C)OS(C)(=O)=O. The summed E-state index contributed by atoms with van der Waals surface area (Å²) in [6.07, 6.45) is -0.291. The summed E-state index contributed by atoms with van der Waals surface area (Å²) in [4.78, 5) is 41.1. The molecule has 0 aliphatic carbocycles. The number of rotatable bonds is 8. The minimum absolute atomic E-state index is 0.245. The molecule has 174 valence electrons. The molecule has 0 fully saturated rings. The standard InChI is InChI=1S/C4H10O3S.C3H10O7P2.C3H9O4P/c1-4(2)7-8(3,5)6;1-3(2)9-12(7,8)10-11(4,5)6;1-3(2)7-8(4,5)6/h4H,1-3H3;3H,1-2H3,(H,7,8)(H2,4,5,6);3H,1-2H3,(H2,4,5,6). The van der Waals surface area contributed by atoms with Crippen LogP contribution in [0.1, 0.15) is 41.5 Å². The van der Waals surface area contributed by atoms with Gasteiger partial charge in [-0.15, -0.1) is 0 Å². The molecule has 0 amide bonds. The van der Waals surface area contributed by atoms with Crippen molar-refractivity contribution in [1.29, 1.82) is 0 Å². The molecule has 0 saturated heterocycles. The van der Waals surface area contributed by atoms with E-state index in [-0.39, 0.29) is 6.10 Å². The van der Waals surface area contributed by atoms with E-state index in [4.69, 9.17) is 24.5 Å². The van der Waals surface area contributed by atoms with Crippen LogP contribution in [-0.4, -0.2) is 57.5 Å². The fourth-order valence-electron chi connectivity index (χ4n) is 1.04. The normalized spacial score (nSPS) is 14.8. The molecule has 0 aliphatic rings. The average Bonchev–Trinajstić information content (AvgIpc) is 2.15. The third-order valence-electron chi connectivity index (χ3n) is 1.27. The molecular formula is C10H29O14P3S. The van der Waals surface area contributed by atoms with Crippen molar-refractivity contribution in [3.05, 3.63) is 0 Å². The van der Waals surface area contributed by atoms with Crippen LogP contribution in [0.5, 0.6) is 0 Å². The van der Waals surface area contributed by atoms with Crippen molar-refractivity contribution in [2.24, 2.45) is 0 Å². The lowest BCUT2D eigenvalue weighted by atomic mass is 10.5. The third-order valence-corrected chi connectivity index (χ3v) is 5.06. The van der Waals surface area contributed by atoms with E-state index in [0.29, 0.717) is 0 Å². The number of phosphoric ester groups is 2. The van der Waals surface area contributed by atoms with E-state index >= 15 is 0 Å². The van der Waals surface area contributed by atoms with E-state index < -0.39 is 45.8 Å². The van der Waals surface area contributed by atoms with Gasteiger partial charge >= 0.3 is 23.5 Å². The molecular weight excluding hydrogens is 469 g/mol. The van der Waals surface area contributed by atoms with Gasteiger partial charge < -0.3 is 24.5 Å². The van der Waals surface area contributed by atoms with Gasteiger partial charge in [0.1, 0.15) is 0 Å². The second kappa shape index (κ2) is 13.6. The van der Waals surface area contributed by atoms with E-state index in [1.165, 1.54) is 13.8 Å². The molecule has 5 N–H and O–H groups in total. The summed E-state index contributed by atoms with van der Waals surface area (Å²) < 4.78 is 67.3. The molecule has 14 nitrogen and oxygen atoms in total. The topological polar surface area (TPSA) is 223 Å². The third kappa shape index (κ3) is 37.1. The molecule has 0 aromatic carbocycles. The Kier molecular flexibility index (Phi) is 15.9. The van der Waals surface area contributed by atoms with Crippen molar-refractivity contribution < 1.29 is 64.1 Å². The van der Waals surface area contributed by atoms with Gasteiger partial charge in [0.2, 0.25) is 0 Å². The minimum atomic E-state index is -4.98. The molecule has 0 aromatic heterocycles. The highest BCUT2D eigenvalue weighted by atomic mass is 32.2. The van der Waals surface area contributed by atoms with Gasteiger partial charge in [-0.05, 0) is 41.5 Å². The first kappa shape index (κ1) is 32.9. The van der Waals surface area contributed by atoms with Crippen molar-refractivity contribution >= 4 is 33.6 Å². The smallest absolute Gasteiger partial charge is 0.303 e. The van der Waals surface area contributed by atoms with Crippen molar-refractivity contribution in [3.63, 3.8) is 0 Å². The highest BCUT2D eigenvalue weighted by Crippen LogP contribution is 2.58. The van der Waals surface area contributed by atoms with Crippen LogP contribution < -0.4 is 0 Å². The minimum Gasteiger partial charge on any atom is -0.303 e. The second-order valence-electron chi connectivity index (χ2n) is 5.69. The van der Waals surface area contributed by atoms with Crippen molar-refractivity contribution in [2.45, 2.75) is 59.9 Å². The molecule has 0 spiro atoms. The summed E-state index contributed by atoms with van der Waals surface area (Å²) in [5, 5.41) is 0. The van der Waals surface area contributed by atoms with Gasteiger partial charge in [-0.1, -0.05) is 0 Å². The van der Waals surface area contributed by atoms with E-state index in [0.717, 1.165) is 6.26 Å². The highest BCUT2D eigenvalue weighted by molar-refractivity contribution is 7.86. The van der Waals surface area contributed by atoms with E-state index in [1.54, 1.807) is 27.7 Å². The largest absolute Gasteiger partial charge is 0.481 e. The molecule has 0 saturated carbocycles. The monoisotopic (exact) mass is 498 g/mol.